The van der Waals surface area contributed by atoms with Crippen LogP contribution in [-0.2, 0) is 9.53 Å². The molecule has 0 aliphatic heterocycles. The fourth-order valence-electron chi connectivity index (χ4n) is 2.45. The van der Waals surface area contributed by atoms with Crippen molar-refractivity contribution in [1.29, 1.82) is 0 Å². The van der Waals surface area contributed by atoms with Crippen LogP contribution in [0.3, 0.4) is 0 Å². The molecule has 1 aliphatic rings. The quantitative estimate of drug-likeness (QED) is 0.712. The molecule has 86 valence electrons. The Morgan fingerprint density at radius 1 is 1.60 bits per heavy atom. The maximum Gasteiger partial charge on any atom is 0.334 e. The molecule has 0 amide bonds. The van der Waals surface area contributed by atoms with Crippen LogP contribution in [-0.4, -0.2) is 23.8 Å². The second-order valence-electron chi connectivity index (χ2n) is 4.82. The van der Waals surface area contributed by atoms with Crippen molar-refractivity contribution in [3.63, 3.8) is 0 Å². The Labute approximate surface area is 91.1 Å². The summed E-state index contributed by atoms with van der Waals surface area (Å²) in [6, 6.07) is 0. The highest BCUT2D eigenvalue weighted by molar-refractivity contribution is 5.91. The average Bonchev–Trinajstić information content (AvgIpc) is 1.99. The monoisotopic (exact) mass is 212 g/mol. The van der Waals surface area contributed by atoms with Crippen LogP contribution in [0.5, 0.6) is 0 Å². The van der Waals surface area contributed by atoms with Crippen molar-refractivity contribution in [2.24, 2.45) is 5.41 Å². The van der Waals surface area contributed by atoms with Crippen molar-refractivity contribution in [3.8, 4) is 0 Å². The number of carbonyl (C=O) groups excluding carboxylic acids is 1. The Hall–Kier alpha value is -0.830. The van der Waals surface area contributed by atoms with Gasteiger partial charge in [-0.25, -0.2) is 4.79 Å². The van der Waals surface area contributed by atoms with Crippen LogP contribution in [0.2, 0.25) is 0 Å². The van der Waals surface area contributed by atoms with Crippen molar-refractivity contribution >= 4 is 5.97 Å². The molecule has 1 rings (SSSR count). The molecule has 0 saturated carbocycles. The highest BCUT2D eigenvalue weighted by Crippen LogP contribution is 2.40. The molecule has 0 radical (unpaired) electrons. The fraction of sp³-hybridized carbons (Fsp3) is 0.750. The van der Waals surface area contributed by atoms with Crippen LogP contribution >= 0.6 is 0 Å². The minimum atomic E-state index is -0.335. The summed E-state index contributed by atoms with van der Waals surface area (Å²) in [4.78, 5) is 11.8. The number of hydrogen-bond acceptors (Lipinski definition) is 3. The maximum atomic E-state index is 11.8. The molecule has 1 atom stereocenters. The molecule has 0 saturated heterocycles. The summed E-state index contributed by atoms with van der Waals surface area (Å²) in [6.45, 7) is 8.05. The SMILES string of the molecule is CCOC(=O)C1=C(C)CC(O)CC1(C)C. The zero-order valence-electron chi connectivity index (χ0n) is 9.96. The van der Waals surface area contributed by atoms with Crippen molar-refractivity contribution in [1.82, 2.24) is 0 Å². The topological polar surface area (TPSA) is 46.5 Å². The number of hydrogen-bond donors (Lipinski definition) is 1. The van der Waals surface area contributed by atoms with E-state index < -0.39 is 0 Å². The summed E-state index contributed by atoms with van der Waals surface area (Å²) in [5.41, 5.74) is 1.42. The molecule has 0 aromatic heterocycles. The van der Waals surface area contributed by atoms with E-state index in [-0.39, 0.29) is 17.5 Å². The molecule has 0 heterocycles. The standard InChI is InChI=1S/C12H20O3/c1-5-15-11(14)10-8(2)6-9(13)7-12(10,3)4/h9,13H,5-7H2,1-4H3. The van der Waals surface area contributed by atoms with E-state index in [1.165, 1.54) is 0 Å². The lowest BCUT2D eigenvalue weighted by Gasteiger charge is -2.35. The number of rotatable bonds is 2. The van der Waals surface area contributed by atoms with Crippen LogP contribution in [0.25, 0.3) is 0 Å². The molecule has 3 heteroatoms. The highest BCUT2D eigenvalue weighted by atomic mass is 16.5. The molecule has 3 nitrogen and oxygen atoms in total. The Morgan fingerprint density at radius 2 is 2.20 bits per heavy atom. The second kappa shape index (κ2) is 4.35. The van der Waals surface area contributed by atoms with E-state index in [0.717, 1.165) is 11.1 Å². The summed E-state index contributed by atoms with van der Waals surface area (Å²) in [5, 5.41) is 9.66. The van der Waals surface area contributed by atoms with Crippen LogP contribution < -0.4 is 0 Å². The number of aliphatic hydroxyl groups excluding tert-OH is 1. The van der Waals surface area contributed by atoms with Gasteiger partial charge < -0.3 is 9.84 Å². The molecular formula is C12H20O3. The number of ether oxygens (including phenoxy) is 1. The van der Waals surface area contributed by atoms with Crippen LogP contribution in [0.4, 0.5) is 0 Å². The normalized spacial score (nSPS) is 25.3. The molecule has 15 heavy (non-hydrogen) atoms. The van der Waals surface area contributed by atoms with Gasteiger partial charge in [0.15, 0.2) is 0 Å². The van der Waals surface area contributed by atoms with Gasteiger partial charge in [-0.15, -0.1) is 0 Å². The van der Waals surface area contributed by atoms with Crippen molar-refractivity contribution in [2.45, 2.75) is 46.6 Å². The van der Waals surface area contributed by atoms with E-state index in [1.54, 1.807) is 6.92 Å². The first-order chi connectivity index (χ1) is 6.88. The Bertz CT molecular complexity index is 289. The minimum absolute atomic E-state index is 0.230. The first-order valence-electron chi connectivity index (χ1n) is 5.44. The summed E-state index contributed by atoms with van der Waals surface area (Å²) in [6.07, 6.45) is 0.869. The summed E-state index contributed by atoms with van der Waals surface area (Å²) in [5.74, 6) is -0.230. The van der Waals surface area contributed by atoms with Crippen molar-refractivity contribution < 1.29 is 14.6 Å². The number of esters is 1. The fourth-order valence-corrected chi connectivity index (χ4v) is 2.45. The highest BCUT2D eigenvalue weighted by Gasteiger charge is 2.37. The minimum Gasteiger partial charge on any atom is -0.463 e. The van der Waals surface area contributed by atoms with Gasteiger partial charge in [-0.2, -0.15) is 0 Å². The van der Waals surface area contributed by atoms with Crippen LogP contribution in [0.1, 0.15) is 40.5 Å². The second-order valence-corrected chi connectivity index (χ2v) is 4.82. The van der Waals surface area contributed by atoms with E-state index in [9.17, 15) is 9.90 Å². The molecule has 1 unspecified atom stereocenters. The van der Waals surface area contributed by atoms with Gasteiger partial charge in [0.1, 0.15) is 0 Å². The van der Waals surface area contributed by atoms with E-state index in [2.05, 4.69) is 0 Å². The zero-order valence-corrected chi connectivity index (χ0v) is 9.96. The third-order valence-electron chi connectivity index (χ3n) is 2.87. The van der Waals surface area contributed by atoms with E-state index >= 15 is 0 Å². The predicted octanol–water partition coefficient (Wildman–Crippen LogP) is 2.05. The Morgan fingerprint density at radius 3 is 2.67 bits per heavy atom. The smallest absolute Gasteiger partial charge is 0.334 e. The van der Waals surface area contributed by atoms with Crippen LogP contribution in [0, 0.1) is 5.41 Å². The van der Waals surface area contributed by atoms with Gasteiger partial charge in [-0.1, -0.05) is 19.4 Å². The lowest BCUT2D eigenvalue weighted by Crippen LogP contribution is -2.33. The van der Waals surface area contributed by atoms with Gasteiger partial charge in [0, 0.05) is 5.57 Å². The Kier molecular flexibility index (Phi) is 3.55. The third kappa shape index (κ3) is 2.59. The van der Waals surface area contributed by atoms with E-state index in [1.807, 2.05) is 20.8 Å². The number of carbonyl (C=O) groups is 1. The molecule has 0 fully saturated rings. The molecule has 1 N–H and O–H groups in total. The molecule has 0 aromatic carbocycles. The van der Waals surface area contributed by atoms with Crippen molar-refractivity contribution in [2.75, 3.05) is 6.61 Å². The Balaban J connectivity index is 3.01. The average molecular weight is 212 g/mol. The van der Waals surface area contributed by atoms with Gasteiger partial charge in [-0.3, -0.25) is 0 Å². The predicted molar refractivity (Wildman–Crippen MR) is 58.4 cm³/mol. The first-order valence-corrected chi connectivity index (χ1v) is 5.44. The van der Waals surface area contributed by atoms with Gasteiger partial charge in [0.25, 0.3) is 0 Å². The largest absolute Gasteiger partial charge is 0.463 e. The third-order valence-corrected chi connectivity index (χ3v) is 2.87. The van der Waals surface area contributed by atoms with Crippen LogP contribution in [0.15, 0.2) is 11.1 Å². The van der Waals surface area contributed by atoms with Crippen molar-refractivity contribution in [3.05, 3.63) is 11.1 Å². The summed E-state index contributed by atoms with van der Waals surface area (Å²) >= 11 is 0. The lowest BCUT2D eigenvalue weighted by atomic mass is 9.71. The molecule has 0 spiro atoms. The first kappa shape index (κ1) is 12.2. The van der Waals surface area contributed by atoms with Gasteiger partial charge in [0.05, 0.1) is 12.7 Å². The number of aliphatic hydroxyl groups is 1. The van der Waals surface area contributed by atoms with Gasteiger partial charge >= 0.3 is 5.97 Å². The summed E-state index contributed by atoms with van der Waals surface area (Å²) < 4.78 is 5.04. The maximum absolute atomic E-state index is 11.8. The molecule has 0 aromatic rings. The summed E-state index contributed by atoms with van der Waals surface area (Å²) in [7, 11) is 0. The van der Waals surface area contributed by atoms with Gasteiger partial charge in [-0.05, 0) is 32.1 Å². The van der Waals surface area contributed by atoms with E-state index in [4.69, 9.17) is 4.74 Å². The molecular weight excluding hydrogens is 192 g/mol. The molecule has 1 aliphatic carbocycles. The van der Waals surface area contributed by atoms with Gasteiger partial charge in [0.2, 0.25) is 0 Å². The van der Waals surface area contributed by atoms with E-state index in [0.29, 0.717) is 19.4 Å². The molecule has 0 bridgehead atoms. The zero-order chi connectivity index (χ0) is 11.6. The lowest BCUT2D eigenvalue weighted by molar-refractivity contribution is -0.140.